The lowest BCUT2D eigenvalue weighted by molar-refractivity contribution is 0.349. The number of methoxy groups -OCH3 is 2. The Morgan fingerprint density at radius 2 is 1.78 bits per heavy atom. The van der Waals surface area contributed by atoms with Crippen molar-refractivity contribution in [3.8, 4) is 11.5 Å². The van der Waals surface area contributed by atoms with Gasteiger partial charge in [0.2, 0.25) is 0 Å². The van der Waals surface area contributed by atoms with Gasteiger partial charge in [-0.05, 0) is 71.9 Å². The van der Waals surface area contributed by atoms with Crippen LogP contribution in [-0.4, -0.2) is 27.3 Å². The first-order valence-corrected chi connectivity index (χ1v) is 7.10. The normalized spacial score (nSPS) is 16.7. The Morgan fingerprint density at radius 3 is 2.33 bits per heavy atom. The average Bonchev–Trinajstić information content (AvgIpc) is 2.41. The molecule has 0 aromatic heterocycles. The van der Waals surface area contributed by atoms with Gasteiger partial charge < -0.3 is 14.8 Å². The van der Waals surface area contributed by atoms with Gasteiger partial charge in [0, 0.05) is 0 Å². The molecule has 0 bridgehead atoms. The number of hydrogen-bond donors (Lipinski definition) is 1. The summed E-state index contributed by atoms with van der Waals surface area (Å²) in [5.74, 6) is 2.25. The van der Waals surface area contributed by atoms with Gasteiger partial charge in [0.05, 0.1) is 18.7 Å². The van der Waals surface area contributed by atoms with E-state index >= 15 is 0 Å². The van der Waals surface area contributed by atoms with Crippen molar-refractivity contribution in [3.63, 3.8) is 0 Å². The van der Waals surface area contributed by atoms with Crippen molar-refractivity contribution >= 4 is 15.9 Å². The summed E-state index contributed by atoms with van der Waals surface area (Å²) in [5, 5.41) is 3.40. The van der Waals surface area contributed by atoms with Crippen LogP contribution in [0.15, 0.2) is 10.5 Å². The van der Waals surface area contributed by atoms with Crippen LogP contribution in [0.1, 0.15) is 29.9 Å². The van der Waals surface area contributed by atoms with Gasteiger partial charge in [-0.3, -0.25) is 0 Å². The monoisotopic (exact) mass is 313 g/mol. The molecular weight excluding hydrogens is 294 g/mol. The minimum atomic E-state index is 0.613. The predicted octanol–water partition coefficient (Wildman–Crippen LogP) is 3.24. The maximum Gasteiger partial charge on any atom is 0.175 e. The minimum Gasteiger partial charge on any atom is -0.493 e. The van der Waals surface area contributed by atoms with Gasteiger partial charge in [0.1, 0.15) is 0 Å². The predicted molar refractivity (Wildman–Crippen MR) is 76.8 cm³/mol. The van der Waals surface area contributed by atoms with Crippen LogP contribution in [0.25, 0.3) is 0 Å². The Hall–Kier alpha value is -0.740. The summed E-state index contributed by atoms with van der Waals surface area (Å²) in [6, 6.07) is 2.19. The van der Waals surface area contributed by atoms with Gasteiger partial charge in [0.15, 0.2) is 11.5 Å². The van der Waals surface area contributed by atoms with Gasteiger partial charge in [-0.2, -0.15) is 0 Å². The van der Waals surface area contributed by atoms with Crippen molar-refractivity contribution in [3.05, 3.63) is 21.7 Å². The molecule has 1 aliphatic rings. The van der Waals surface area contributed by atoms with E-state index in [1.807, 2.05) is 0 Å². The Morgan fingerprint density at radius 1 is 1.17 bits per heavy atom. The van der Waals surface area contributed by atoms with Gasteiger partial charge in [-0.15, -0.1) is 0 Å². The number of ether oxygens (including phenoxy) is 2. The molecule has 0 atom stereocenters. The second-order valence-electron chi connectivity index (χ2n) is 4.66. The number of benzene rings is 1. The highest BCUT2D eigenvalue weighted by Gasteiger charge is 2.22. The largest absolute Gasteiger partial charge is 0.493 e. The number of hydrogen-bond acceptors (Lipinski definition) is 3. The molecule has 1 aliphatic heterocycles. The summed E-state index contributed by atoms with van der Waals surface area (Å²) in [4.78, 5) is 0. The molecule has 3 nitrogen and oxygen atoms in total. The Balaban J connectivity index is 2.44. The van der Waals surface area contributed by atoms with Gasteiger partial charge in [-0.1, -0.05) is 0 Å². The summed E-state index contributed by atoms with van der Waals surface area (Å²) in [5.41, 5.74) is 2.57. The highest BCUT2D eigenvalue weighted by atomic mass is 79.9. The Labute approximate surface area is 117 Å². The van der Waals surface area contributed by atoms with Crippen molar-refractivity contribution in [2.45, 2.75) is 25.7 Å². The number of halogens is 1. The number of rotatable bonds is 3. The third-order valence-electron chi connectivity index (χ3n) is 3.67. The molecule has 0 unspecified atom stereocenters. The van der Waals surface area contributed by atoms with Crippen molar-refractivity contribution in [2.75, 3.05) is 27.3 Å². The molecule has 0 saturated carbocycles. The molecule has 0 amide bonds. The molecule has 18 heavy (non-hydrogen) atoms. The van der Waals surface area contributed by atoms with E-state index in [9.17, 15) is 0 Å². The summed E-state index contributed by atoms with van der Waals surface area (Å²) >= 11 is 3.58. The average molecular weight is 314 g/mol. The summed E-state index contributed by atoms with van der Waals surface area (Å²) in [7, 11) is 3.37. The quantitative estimate of drug-likeness (QED) is 0.929. The van der Waals surface area contributed by atoms with E-state index in [0.717, 1.165) is 29.1 Å². The van der Waals surface area contributed by atoms with Crippen LogP contribution in [0.3, 0.4) is 0 Å². The maximum absolute atomic E-state index is 5.51. The minimum absolute atomic E-state index is 0.613. The lowest BCUT2D eigenvalue weighted by atomic mass is 9.87. The third kappa shape index (κ3) is 2.50. The van der Waals surface area contributed by atoms with E-state index < -0.39 is 0 Å². The first-order valence-electron chi connectivity index (χ1n) is 6.30. The van der Waals surface area contributed by atoms with Gasteiger partial charge >= 0.3 is 0 Å². The number of nitrogens with one attached hydrogen (secondary N) is 1. The third-order valence-corrected chi connectivity index (χ3v) is 4.26. The second kappa shape index (κ2) is 5.93. The molecule has 1 aromatic carbocycles. The van der Waals surface area contributed by atoms with Crippen LogP contribution in [-0.2, 0) is 0 Å². The molecule has 0 spiro atoms. The Bertz CT molecular complexity index is 428. The zero-order valence-corrected chi connectivity index (χ0v) is 12.8. The fourth-order valence-corrected chi connectivity index (χ4v) is 3.30. The van der Waals surface area contributed by atoms with E-state index in [1.54, 1.807) is 14.2 Å². The second-order valence-corrected chi connectivity index (χ2v) is 5.52. The smallest absolute Gasteiger partial charge is 0.175 e. The van der Waals surface area contributed by atoms with Crippen LogP contribution in [0.4, 0.5) is 0 Å². The first kappa shape index (κ1) is 13.7. The van der Waals surface area contributed by atoms with Gasteiger partial charge in [-0.25, -0.2) is 0 Å². The lowest BCUT2D eigenvalue weighted by Gasteiger charge is -2.26. The molecule has 4 heteroatoms. The standard InChI is InChI=1S/C14H20BrNO2/c1-9-11(10-4-6-16-7-5-10)8-12(15)14(18-3)13(9)17-2/h8,10,16H,4-7H2,1-3H3. The molecule has 1 fully saturated rings. The van der Waals surface area contributed by atoms with Crippen molar-refractivity contribution in [1.29, 1.82) is 0 Å². The fraction of sp³-hybridized carbons (Fsp3) is 0.571. The fourth-order valence-electron chi connectivity index (χ4n) is 2.71. The lowest BCUT2D eigenvalue weighted by Crippen LogP contribution is -2.27. The van der Waals surface area contributed by atoms with E-state index in [1.165, 1.54) is 24.0 Å². The molecular formula is C14H20BrNO2. The van der Waals surface area contributed by atoms with Crippen LogP contribution < -0.4 is 14.8 Å². The molecule has 100 valence electrons. The van der Waals surface area contributed by atoms with Crippen molar-refractivity contribution < 1.29 is 9.47 Å². The van der Waals surface area contributed by atoms with E-state index in [0.29, 0.717) is 5.92 Å². The SMILES string of the molecule is COc1c(Br)cc(C2CCNCC2)c(C)c1OC. The van der Waals surface area contributed by atoms with Gasteiger partial charge in [0.25, 0.3) is 0 Å². The van der Waals surface area contributed by atoms with E-state index in [4.69, 9.17) is 9.47 Å². The highest BCUT2D eigenvalue weighted by molar-refractivity contribution is 9.10. The summed E-state index contributed by atoms with van der Waals surface area (Å²) in [6.45, 7) is 4.30. The zero-order valence-electron chi connectivity index (χ0n) is 11.2. The summed E-state index contributed by atoms with van der Waals surface area (Å²) in [6.07, 6.45) is 2.37. The van der Waals surface area contributed by atoms with Crippen LogP contribution in [0.2, 0.25) is 0 Å². The highest BCUT2D eigenvalue weighted by Crippen LogP contribution is 2.43. The molecule has 2 rings (SSSR count). The first-order chi connectivity index (χ1) is 8.69. The van der Waals surface area contributed by atoms with Crippen molar-refractivity contribution in [2.24, 2.45) is 0 Å². The zero-order chi connectivity index (χ0) is 13.1. The topological polar surface area (TPSA) is 30.5 Å². The maximum atomic E-state index is 5.51. The summed E-state index contributed by atoms with van der Waals surface area (Å²) < 4.78 is 11.9. The molecule has 1 N–H and O–H groups in total. The molecule has 1 aromatic rings. The van der Waals surface area contributed by atoms with Crippen LogP contribution in [0, 0.1) is 6.92 Å². The molecule has 1 saturated heterocycles. The van der Waals surface area contributed by atoms with Crippen LogP contribution in [0.5, 0.6) is 11.5 Å². The number of piperidine rings is 1. The molecule has 0 aliphatic carbocycles. The molecule has 0 radical (unpaired) electrons. The van der Waals surface area contributed by atoms with Crippen molar-refractivity contribution in [1.82, 2.24) is 5.32 Å². The molecule has 1 heterocycles. The van der Waals surface area contributed by atoms with E-state index in [2.05, 4.69) is 34.2 Å². The van der Waals surface area contributed by atoms with E-state index in [-0.39, 0.29) is 0 Å². The Kier molecular flexibility index (Phi) is 4.51. The van der Waals surface area contributed by atoms with Crippen LogP contribution >= 0.6 is 15.9 Å².